The summed E-state index contributed by atoms with van der Waals surface area (Å²) >= 11 is 0. The van der Waals surface area contributed by atoms with Crippen LogP contribution in [-0.4, -0.2) is 81.4 Å². The zero-order chi connectivity index (χ0) is 27.7. The van der Waals surface area contributed by atoms with Crippen LogP contribution in [0.2, 0.25) is 0 Å². The standard InChI is InChI=1S/C31H34N6O3/c1-35-16-18-36(19-17-35)15-7-12-28(38)34-30-32-26-14-13-23(20-27(26)33-30)31(40)25-11-6-5-10-24(25)29(39)37(31)21-22-8-3-2-4-9-22/h2-6,8-11,13-14,20,40H,7,12,15-19,21H2,1H3,(H2,32,33,34,38). The predicted molar refractivity (Wildman–Crippen MR) is 154 cm³/mol. The zero-order valence-electron chi connectivity index (χ0n) is 22.6. The second-order valence-corrected chi connectivity index (χ2v) is 10.7. The first-order valence-electron chi connectivity index (χ1n) is 13.8. The lowest BCUT2D eigenvalue weighted by molar-refractivity contribution is -0.116. The van der Waals surface area contributed by atoms with Gasteiger partial charge in [0.25, 0.3) is 5.91 Å². The largest absolute Gasteiger partial charge is 0.363 e. The summed E-state index contributed by atoms with van der Waals surface area (Å²) in [7, 11) is 2.13. The first kappa shape index (κ1) is 26.2. The second kappa shape index (κ2) is 10.8. The molecule has 1 saturated heterocycles. The number of fused-ring (bicyclic) bond motifs is 2. The lowest BCUT2D eigenvalue weighted by Gasteiger charge is -2.35. The van der Waals surface area contributed by atoms with Crippen molar-refractivity contribution < 1.29 is 14.7 Å². The van der Waals surface area contributed by atoms with Gasteiger partial charge in [0, 0.05) is 55.8 Å². The number of likely N-dealkylation sites (N-methyl/N-ethyl adjacent to an activating group) is 1. The maximum atomic E-state index is 13.5. The van der Waals surface area contributed by atoms with E-state index in [1.807, 2.05) is 42.5 Å². The van der Waals surface area contributed by atoms with Gasteiger partial charge in [0.15, 0.2) is 5.72 Å². The fourth-order valence-electron chi connectivity index (χ4n) is 5.69. The number of rotatable bonds is 8. The van der Waals surface area contributed by atoms with Crippen LogP contribution in [0.15, 0.2) is 72.8 Å². The summed E-state index contributed by atoms with van der Waals surface area (Å²) in [5.74, 6) is 0.0535. The maximum Gasteiger partial charge on any atom is 0.257 e. The van der Waals surface area contributed by atoms with Gasteiger partial charge >= 0.3 is 0 Å². The van der Waals surface area contributed by atoms with Crippen molar-refractivity contribution in [3.63, 3.8) is 0 Å². The van der Waals surface area contributed by atoms with E-state index in [9.17, 15) is 14.7 Å². The number of hydrogen-bond acceptors (Lipinski definition) is 6. The molecule has 2 aliphatic heterocycles. The van der Waals surface area contributed by atoms with E-state index in [0.717, 1.165) is 50.2 Å². The number of aromatic amines is 1. The highest BCUT2D eigenvalue weighted by Gasteiger charge is 2.49. The normalized spacial score (nSPS) is 19.8. The van der Waals surface area contributed by atoms with Gasteiger partial charge in [-0.05, 0) is 43.8 Å². The molecule has 2 aliphatic rings. The van der Waals surface area contributed by atoms with Crippen LogP contribution in [0.5, 0.6) is 0 Å². The minimum absolute atomic E-state index is 0.0867. The zero-order valence-corrected chi connectivity index (χ0v) is 22.6. The first-order chi connectivity index (χ1) is 19.4. The third-order valence-corrected chi connectivity index (χ3v) is 7.97. The van der Waals surface area contributed by atoms with E-state index >= 15 is 0 Å². The van der Waals surface area contributed by atoms with Gasteiger partial charge in [-0.3, -0.25) is 19.8 Å². The summed E-state index contributed by atoms with van der Waals surface area (Å²) < 4.78 is 0. The molecule has 9 heteroatoms. The quantitative estimate of drug-likeness (QED) is 0.318. The summed E-state index contributed by atoms with van der Waals surface area (Å²) in [4.78, 5) is 40.1. The fraction of sp³-hybridized carbons (Fsp3) is 0.323. The number of anilines is 1. The van der Waals surface area contributed by atoms with Crippen LogP contribution in [-0.2, 0) is 17.1 Å². The van der Waals surface area contributed by atoms with Gasteiger partial charge in [0.1, 0.15) is 0 Å². The molecule has 0 bridgehead atoms. The molecule has 1 aromatic heterocycles. The van der Waals surface area contributed by atoms with Crippen molar-refractivity contribution in [2.45, 2.75) is 25.1 Å². The molecule has 3 aromatic carbocycles. The Morgan fingerprint density at radius 2 is 1.77 bits per heavy atom. The summed E-state index contributed by atoms with van der Waals surface area (Å²) in [6.45, 7) is 5.35. The molecule has 0 radical (unpaired) electrons. The SMILES string of the molecule is CN1CCN(CCCC(=O)Nc2nc3cc(C4(O)c5ccccc5C(=O)N4Cc4ccccc4)ccc3[nH]2)CC1. The van der Waals surface area contributed by atoms with Gasteiger partial charge in [-0.2, -0.15) is 0 Å². The lowest BCUT2D eigenvalue weighted by Crippen LogP contribution is -2.44. The van der Waals surface area contributed by atoms with Crippen molar-refractivity contribution in [3.8, 4) is 0 Å². The van der Waals surface area contributed by atoms with Crippen molar-refractivity contribution in [2.75, 3.05) is 45.1 Å². The Kier molecular flexibility index (Phi) is 7.10. The Labute approximate surface area is 233 Å². The highest BCUT2D eigenvalue weighted by Crippen LogP contribution is 2.43. The molecule has 206 valence electrons. The Morgan fingerprint density at radius 1 is 1.02 bits per heavy atom. The average molecular weight is 539 g/mol. The lowest BCUT2D eigenvalue weighted by atomic mass is 9.93. The van der Waals surface area contributed by atoms with E-state index in [1.165, 1.54) is 4.90 Å². The molecule has 1 atom stereocenters. The van der Waals surface area contributed by atoms with Crippen molar-refractivity contribution in [2.24, 2.45) is 0 Å². The maximum absolute atomic E-state index is 13.5. The second-order valence-electron chi connectivity index (χ2n) is 10.7. The van der Waals surface area contributed by atoms with Crippen molar-refractivity contribution in [3.05, 3.63) is 95.1 Å². The number of piperazine rings is 1. The van der Waals surface area contributed by atoms with E-state index in [4.69, 9.17) is 0 Å². The summed E-state index contributed by atoms with van der Waals surface area (Å²) in [6, 6.07) is 22.2. The number of aromatic nitrogens is 2. The van der Waals surface area contributed by atoms with Crippen LogP contribution >= 0.6 is 0 Å². The van der Waals surface area contributed by atoms with Gasteiger partial charge in [-0.25, -0.2) is 4.98 Å². The minimum Gasteiger partial charge on any atom is -0.363 e. The predicted octanol–water partition coefficient (Wildman–Crippen LogP) is 3.38. The van der Waals surface area contributed by atoms with Gasteiger partial charge in [-0.1, -0.05) is 54.6 Å². The van der Waals surface area contributed by atoms with Crippen molar-refractivity contribution in [1.82, 2.24) is 24.7 Å². The number of amides is 2. The van der Waals surface area contributed by atoms with E-state index in [2.05, 4.69) is 32.1 Å². The highest BCUT2D eigenvalue weighted by atomic mass is 16.3. The third-order valence-electron chi connectivity index (χ3n) is 7.97. The molecule has 0 saturated carbocycles. The Bertz CT molecular complexity index is 1530. The van der Waals surface area contributed by atoms with E-state index < -0.39 is 5.72 Å². The van der Waals surface area contributed by atoms with Gasteiger partial charge < -0.3 is 19.9 Å². The fourth-order valence-corrected chi connectivity index (χ4v) is 5.69. The number of carbonyl (C=O) groups excluding carboxylic acids is 2. The van der Waals surface area contributed by atoms with Crippen LogP contribution < -0.4 is 5.32 Å². The summed E-state index contributed by atoms with van der Waals surface area (Å²) in [6.07, 6.45) is 1.21. The molecule has 9 nitrogen and oxygen atoms in total. The van der Waals surface area contributed by atoms with Gasteiger partial charge in [0.05, 0.1) is 11.0 Å². The smallest absolute Gasteiger partial charge is 0.257 e. The third kappa shape index (κ3) is 4.99. The molecule has 6 rings (SSSR count). The first-order valence-corrected chi connectivity index (χ1v) is 13.8. The van der Waals surface area contributed by atoms with Crippen LogP contribution in [0.4, 0.5) is 5.95 Å². The summed E-state index contributed by atoms with van der Waals surface area (Å²) in [5.41, 5.74) is 2.13. The Hall–Kier alpha value is -4.05. The number of carbonyl (C=O) groups is 2. The number of nitrogens with one attached hydrogen (secondary N) is 2. The van der Waals surface area contributed by atoms with Crippen LogP contribution in [0.1, 0.15) is 39.9 Å². The molecule has 0 spiro atoms. The molecule has 3 N–H and O–H groups in total. The van der Waals surface area contributed by atoms with Crippen molar-refractivity contribution in [1.29, 1.82) is 0 Å². The molecular formula is C31H34N6O3. The summed E-state index contributed by atoms with van der Waals surface area (Å²) in [5, 5.41) is 15.1. The van der Waals surface area contributed by atoms with Crippen molar-refractivity contribution >= 4 is 28.8 Å². The highest BCUT2D eigenvalue weighted by molar-refractivity contribution is 6.00. The average Bonchev–Trinajstić information content (AvgIpc) is 3.47. The molecule has 0 aliphatic carbocycles. The van der Waals surface area contributed by atoms with Gasteiger partial charge in [0.2, 0.25) is 11.9 Å². The van der Waals surface area contributed by atoms with E-state index in [-0.39, 0.29) is 18.4 Å². The molecule has 1 fully saturated rings. The monoisotopic (exact) mass is 538 g/mol. The van der Waals surface area contributed by atoms with Gasteiger partial charge in [-0.15, -0.1) is 0 Å². The van der Waals surface area contributed by atoms with Crippen LogP contribution in [0.3, 0.4) is 0 Å². The Balaban J connectivity index is 1.20. The number of nitrogens with zero attached hydrogens (tertiary/aromatic N) is 4. The van der Waals surface area contributed by atoms with Crippen LogP contribution in [0, 0.1) is 0 Å². The van der Waals surface area contributed by atoms with E-state index in [0.29, 0.717) is 34.6 Å². The minimum atomic E-state index is -1.66. The number of benzene rings is 3. The molecule has 3 heterocycles. The molecule has 1 unspecified atom stereocenters. The molecular weight excluding hydrogens is 504 g/mol. The number of H-pyrrole nitrogens is 1. The topological polar surface area (TPSA) is 105 Å². The number of imidazole rings is 1. The van der Waals surface area contributed by atoms with E-state index in [1.54, 1.807) is 30.3 Å². The number of aliphatic hydroxyl groups is 1. The molecule has 4 aromatic rings. The number of hydrogen-bond donors (Lipinski definition) is 3. The Morgan fingerprint density at radius 3 is 2.58 bits per heavy atom. The molecule has 2 amide bonds. The van der Waals surface area contributed by atoms with Crippen LogP contribution in [0.25, 0.3) is 11.0 Å². The molecule has 40 heavy (non-hydrogen) atoms.